The van der Waals surface area contributed by atoms with Gasteiger partial charge in [-0.05, 0) is 30.3 Å². The van der Waals surface area contributed by atoms with Gasteiger partial charge >= 0.3 is 0 Å². The molecule has 0 aliphatic carbocycles. The number of hydrogen-bond acceptors (Lipinski definition) is 5. The molecular formula is C19H20ClN3O5S. The van der Waals surface area contributed by atoms with Gasteiger partial charge in [0.25, 0.3) is 11.8 Å². The van der Waals surface area contributed by atoms with Gasteiger partial charge in [-0.2, -0.15) is 4.31 Å². The maximum atomic E-state index is 13.0. The number of sulfonamides is 1. The molecule has 1 fully saturated rings. The van der Waals surface area contributed by atoms with Gasteiger partial charge in [0.15, 0.2) is 0 Å². The van der Waals surface area contributed by atoms with E-state index in [0.717, 1.165) is 0 Å². The molecule has 0 spiro atoms. The standard InChI is InChI=1S/C19H20ClN3O5S/c1-21-18(24)15-12-13(6-7-16(15)20)22-19(25)14-4-2-3-5-17(14)29(26,27)23-8-10-28-11-9-23/h2-7,12H,8-11H2,1H3,(H,21,24)(H,22,25). The first-order chi connectivity index (χ1) is 13.8. The highest BCUT2D eigenvalue weighted by Crippen LogP contribution is 2.24. The summed E-state index contributed by atoms with van der Waals surface area (Å²) in [5.74, 6) is -1.01. The van der Waals surface area contributed by atoms with E-state index in [-0.39, 0.29) is 34.1 Å². The number of hydrogen-bond donors (Lipinski definition) is 2. The molecule has 1 heterocycles. The van der Waals surface area contributed by atoms with Crippen LogP contribution in [0.3, 0.4) is 0 Å². The van der Waals surface area contributed by atoms with E-state index < -0.39 is 21.8 Å². The van der Waals surface area contributed by atoms with Crippen LogP contribution < -0.4 is 10.6 Å². The van der Waals surface area contributed by atoms with Crippen LogP contribution in [0.2, 0.25) is 5.02 Å². The summed E-state index contributed by atoms with van der Waals surface area (Å²) in [5, 5.41) is 5.34. The number of ether oxygens (including phenoxy) is 1. The van der Waals surface area contributed by atoms with Crippen molar-refractivity contribution in [1.29, 1.82) is 0 Å². The van der Waals surface area contributed by atoms with Crippen LogP contribution >= 0.6 is 11.6 Å². The summed E-state index contributed by atoms with van der Waals surface area (Å²) in [6.45, 7) is 1.07. The molecule has 0 bridgehead atoms. The predicted molar refractivity (Wildman–Crippen MR) is 109 cm³/mol. The lowest BCUT2D eigenvalue weighted by molar-refractivity contribution is 0.0730. The quantitative estimate of drug-likeness (QED) is 0.744. The fraction of sp³-hybridized carbons (Fsp3) is 0.263. The molecular weight excluding hydrogens is 418 g/mol. The van der Waals surface area contributed by atoms with Crippen LogP contribution in [0.1, 0.15) is 20.7 Å². The fourth-order valence-corrected chi connectivity index (χ4v) is 4.72. The maximum absolute atomic E-state index is 13.0. The number of nitrogens with zero attached hydrogens (tertiary/aromatic N) is 1. The number of nitrogens with one attached hydrogen (secondary N) is 2. The fourth-order valence-electron chi connectivity index (χ4n) is 2.92. The van der Waals surface area contributed by atoms with Crippen LogP contribution in [0.5, 0.6) is 0 Å². The zero-order valence-electron chi connectivity index (χ0n) is 15.6. The number of rotatable bonds is 5. The van der Waals surface area contributed by atoms with Gasteiger partial charge in [0.05, 0.1) is 34.3 Å². The van der Waals surface area contributed by atoms with Gasteiger partial charge in [0, 0.05) is 25.8 Å². The molecule has 2 amide bonds. The predicted octanol–water partition coefficient (Wildman–Crippen LogP) is 1.97. The first kappa shape index (κ1) is 21.3. The van der Waals surface area contributed by atoms with Gasteiger partial charge in [-0.1, -0.05) is 23.7 Å². The van der Waals surface area contributed by atoms with E-state index in [9.17, 15) is 18.0 Å². The van der Waals surface area contributed by atoms with E-state index >= 15 is 0 Å². The molecule has 3 rings (SSSR count). The topological polar surface area (TPSA) is 105 Å². The molecule has 1 aliphatic rings. The third kappa shape index (κ3) is 4.59. The lowest BCUT2D eigenvalue weighted by atomic mass is 10.1. The molecule has 1 saturated heterocycles. The van der Waals surface area contributed by atoms with E-state index in [4.69, 9.17) is 16.3 Å². The van der Waals surface area contributed by atoms with Gasteiger partial charge in [0.2, 0.25) is 10.0 Å². The molecule has 0 saturated carbocycles. The monoisotopic (exact) mass is 437 g/mol. The molecule has 2 N–H and O–H groups in total. The summed E-state index contributed by atoms with van der Waals surface area (Å²) >= 11 is 6.03. The Morgan fingerprint density at radius 3 is 2.41 bits per heavy atom. The largest absolute Gasteiger partial charge is 0.379 e. The molecule has 1 aliphatic heterocycles. The minimum absolute atomic E-state index is 0.00966. The first-order valence-electron chi connectivity index (χ1n) is 8.84. The second-order valence-corrected chi connectivity index (χ2v) is 8.55. The van der Waals surface area contributed by atoms with Gasteiger partial charge < -0.3 is 15.4 Å². The Bertz CT molecular complexity index is 1040. The van der Waals surface area contributed by atoms with Crippen LogP contribution in [0.15, 0.2) is 47.4 Å². The molecule has 10 heteroatoms. The van der Waals surface area contributed by atoms with Crippen molar-refractivity contribution in [3.63, 3.8) is 0 Å². The van der Waals surface area contributed by atoms with Crippen molar-refractivity contribution in [3.05, 3.63) is 58.6 Å². The molecule has 8 nitrogen and oxygen atoms in total. The van der Waals surface area contributed by atoms with E-state index in [1.807, 2.05) is 0 Å². The lowest BCUT2D eigenvalue weighted by Crippen LogP contribution is -2.41. The van der Waals surface area contributed by atoms with Crippen molar-refractivity contribution in [2.45, 2.75) is 4.90 Å². The van der Waals surface area contributed by atoms with Crippen molar-refractivity contribution < 1.29 is 22.7 Å². The van der Waals surface area contributed by atoms with E-state index in [0.29, 0.717) is 18.9 Å². The van der Waals surface area contributed by atoms with Crippen molar-refractivity contribution in [1.82, 2.24) is 9.62 Å². The Kier molecular flexibility index (Phi) is 6.53. The van der Waals surface area contributed by atoms with Gasteiger partial charge in [0.1, 0.15) is 0 Å². The average Bonchev–Trinajstić information content (AvgIpc) is 2.75. The zero-order valence-corrected chi connectivity index (χ0v) is 17.2. The van der Waals surface area contributed by atoms with Crippen LogP contribution in [0.25, 0.3) is 0 Å². The average molecular weight is 438 g/mol. The third-order valence-electron chi connectivity index (χ3n) is 4.42. The molecule has 2 aromatic rings. The number of benzene rings is 2. The lowest BCUT2D eigenvalue weighted by Gasteiger charge is -2.26. The number of carbonyl (C=O) groups excluding carboxylic acids is 2. The van der Waals surface area contributed by atoms with E-state index in [1.54, 1.807) is 12.1 Å². The van der Waals surface area contributed by atoms with E-state index in [2.05, 4.69) is 10.6 Å². The highest BCUT2D eigenvalue weighted by molar-refractivity contribution is 7.89. The first-order valence-corrected chi connectivity index (χ1v) is 10.7. The summed E-state index contributed by atoms with van der Waals surface area (Å²) in [5.41, 5.74) is 0.521. The maximum Gasteiger partial charge on any atom is 0.257 e. The van der Waals surface area contributed by atoms with Crippen molar-refractivity contribution in [3.8, 4) is 0 Å². The number of carbonyl (C=O) groups is 2. The Balaban J connectivity index is 1.90. The number of morpholine rings is 1. The number of anilines is 1. The SMILES string of the molecule is CNC(=O)c1cc(NC(=O)c2ccccc2S(=O)(=O)N2CCOCC2)ccc1Cl. The zero-order chi connectivity index (χ0) is 21.0. The molecule has 29 heavy (non-hydrogen) atoms. The van der Waals surface area contributed by atoms with Crippen molar-refractivity contribution in [2.75, 3.05) is 38.7 Å². The Labute approximate surface area is 173 Å². The highest BCUT2D eigenvalue weighted by Gasteiger charge is 2.30. The van der Waals surface area contributed by atoms with Crippen LogP contribution in [0.4, 0.5) is 5.69 Å². The minimum atomic E-state index is -3.85. The molecule has 2 aromatic carbocycles. The summed E-state index contributed by atoms with van der Waals surface area (Å²) < 4.78 is 32.5. The van der Waals surface area contributed by atoms with Gasteiger partial charge in [-0.3, -0.25) is 9.59 Å². The van der Waals surface area contributed by atoms with Gasteiger partial charge in [-0.25, -0.2) is 8.42 Å². The molecule has 0 radical (unpaired) electrons. The summed E-state index contributed by atoms with van der Waals surface area (Å²) in [7, 11) is -2.39. The highest BCUT2D eigenvalue weighted by atomic mass is 35.5. The second-order valence-electron chi connectivity index (χ2n) is 6.24. The van der Waals surface area contributed by atoms with Crippen molar-refractivity contribution in [2.24, 2.45) is 0 Å². The van der Waals surface area contributed by atoms with Crippen LogP contribution in [-0.4, -0.2) is 57.9 Å². The molecule has 0 atom stereocenters. The third-order valence-corrected chi connectivity index (χ3v) is 6.70. The summed E-state index contributed by atoms with van der Waals surface area (Å²) in [6, 6.07) is 10.4. The van der Waals surface area contributed by atoms with Crippen LogP contribution in [-0.2, 0) is 14.8 Å². The summed E-state index contributed by atoms with van der Waals surface area (Å²) in [6.07, 6.45) is 0. The molecule has 0 unspecified atom stereocenters. The smallest absolute Gasteiger partial charge is 0.257 e. The van der Waals surface area contributed by atoms with Gasteiger partial charge in [-0.15, -0.1) is 0 Å². The van der Waals surface area contributed by atoms with Crippen LogP contribution in [0, 0.1) is 0 Å². The van der Waals surface area contributed by atoms with E-state index in [1.165, 1.54) is 41.7 Å². The molecule has 0 aromatic heterocycles. The normalized spacial score (nSPS) is 15.0. The summed E-state index contributed by atoms with van der Waals surface area (Å²) in [4.78, 5) is 24.7. The molecule has 154 valence electrons. The van der Waals surface area contributed by atoms with Crippen molar-refractivity contribution >= 4 is 39.1 Å². The Morgan fingerprint density at radius 1 is 1.03 bits per heavy atom. The minimum Gasteiger partial charge on any atom is -0.379 e. The Morgan fingerprint density at radius 2 is 1.72 bits per heavy atom. The number of amides is 2. The second kappa shape index (κ2) is 8.91. The Hall–Kier alpha value is -2.46. The number of halogens is 1.